The molecule has 2 heterocycles. The second-order valence-corrected chi connectivity index (χ2v) is 4.49. The van der Waals surface area contributed by atoms with Gasteiger partial charge in [-0.3, -0.25) is 4.90 Å². The molecular formula is C11H20N4O. The molecule has 2 N–H and O–H groups in total. The molecule has 1 fully saturated rings. The van der Waals surface area contributed by atoms with Crippen LogP contribution in [0.5, 0.6) is 0 Å². The molecule has 0 unspecified atom stereocenters. The quantitative estimate of drug-likeness (QED) is 0.806. The van der Waals surface area contributed by atoms with E-state index in [4.69, 9.17) is 10.3 Å². The Morgan fingerprint density at radius 1 is 1.56 bits per heavy atom. The maximum atomic E-state index is 5.84. The lowest BCUT2D eigenvalue weighted by Gasteiger charge is -2.10. The number of unbranched alkanes of at least 4 members (excludes halogenated alkanes) is 1. The highest BCUT2D eigenvalue weighted by Gasteiger charge is 2.20. The van der Waals surface area contributed by atoms with Crippen molar-refractivity contribution in [1.29, 1.82) is 0 Å². The summed E-state index contributed by atoms with van der Waals surface area (Å²) >= 11 is 0. The van der Waals surface area contributed by atoms with Gasteiger partial charge in [0.25, 0.3) is 0 Å². The van der Waals surface area contributed by atoms with Gasteiger partial charge in [0.05, 0.1) is 6.54 Å². The summed E-state index contributed by atoms with van der Waals surface area (Å²) in [6.07, 6.45) is 4.26. The minimum absolute atomic E-state index is 0.308. The van der Waals surface area contributed by atoms with Crippen molar-refractivity contribution in [2.45, 2.75) is 45.2 Å². The highest BCUT2D eigenvalue weighted by molar-refractivity contribution is 4.88. The van der Waals surface area contributed by atoms with Crippen LogP contribution in [0.4, 0.5) is 0 Å². The van der Waals surface area contributed by atoms with E-state index in [0.29, 0.717) is 6.04 Å². The molecule has 5 heteroatoms. The number of nitrogens with two attached hydrogens (primary N) is 1. The molecule has 1 aliphatic heterocycles. The number of rotatable bonds is 5. The van der Waals surface area contributed by atoms with Gasteiger partial charge in [-0.1, -0.05) is 18.5 Å². The van der Waals surface area contributed by atoms with Crippen molar-refractivity contribution in [2.75, 3.05) is 13.1 Å². The van der Waals surface area contributed by atoms with Gasteiger partial charge in [-0.15, -0.1) is 0 Å². The van der Waals surface area contributed by atoms with Crippen molar-refractivity contribution in [3.05, 3.63) is 11.7 Å². The first-order valence-corrected chi connectivity index (χ1v) is 6.07. The molecule has 0 bridgehead atoms. The van der Waals surface area contributed by atoms with E-state index in [9.17, 15) is 0 Å². The number of nitrogens with zero attached hydrogens (tertiary/aromatic N) is 3. The SMILES string of the molecule is CCCCc1noc(CN2CC[C@@H](N)C2)n1. The first kappa shape index (κ1) is 11.5. The van der Waals surface area contributed by atoms with Crippen LogP contribution in [0.15, 0.2) is 4.52 Å². The first-order chi connectivity index (χ1) is 7.78. The molecule has 0 aliphatic carbocycles. The van der Waals surface area contributed by atoms with Crippen LogP contribution in [-0.4, -0.2) is 34.2 Å². The van der Waals surface area contributed by atoms with Gasteiger partial charge >= 0.3 is 0 Å². The summed E-state index contributed by atoms with van der Waals surface area (Å²) in [5.74, 6) is 1.56. The fourth-order valence-electron chi connectivity index (χ4n) is 1.99. The maximum Gasteiger partial charge on any atom is 0.240 e. The molecule has 1 aromatic rings. The Hall–Kier alpha value is -0.940. The Morgan fingerprint density at radius 2 is 2.44 bits per heavy atom. The van der Waals surface area contributed by atoms with Gasteiger partial charge in [0.15, 0.2) is 5.82 Å². The zero-order chi connectivity index (χ0) is 11.4. The average molecular weight is 224 g/mol. The average Bonchev–Trinajstić information content (AvgIpc) is 2.86. The van der Waals surface area contributed by atoms with Crippen molar-refractivity contribution in [3.63, 3.8) is 0 Å². The van der Waals surface area contributed by atoms with Crippen molar-refractivity contribution < 1.29 is 4.52 Å². The van der Waals surface area contributed by atoms with Crippen LogP contribution in [0.1, 0.15) is 37.9 Å². The van der Waals surface area contributed by atoms with Crippen molar-refractivity contribution in [2.24, 2.45) is 5.73 Å². The first-order valence-electron chi connectivity index (χ1n) is 6.07. The van der Waals surface area contributed by atoms with Gasteiger partial charge < -0.3 is 10.3 Å². The molecule has 0 amide bonds. The number of aryl methyl sites for hydroxylation is 1. The summed E-state index contributed by atoms with van der Waals surface area (Å²) in [4.78, 5) is 6.64. The molecule has 5 nitrogen and oxygen atoms in total. The molecule has 1 atom stereocenters. The van der Waals surface area contributed by atoms with Crippen LogP contribution in [0.2, 0.25) is 0 Å². The van der Waals surface area contributed by atoms with E-state index in [-0.39, 0.29) is 0 Å². The van der Waals surface area contributed by atoms with Gasteiger partial charge in [0, 0.05) is 25.6 Å². The Balaban J connectivity index is 1.83. The summed E-state index contributed by atoms with van der Waals surface area (Å²) in [6, 6.07) is 0.308. The van der Waals surface area contributed by atoms with Crippen LogP contribution in [0.25, 0.3) is 0 Å². The Morgan fingerprint density at radius 3 is 3.12 bits per heavy atom. The highest BCUT2D eigenvalue weighted by atomic mass is 16.5. The van der Waals surface area contributed by atoms with Crippen LogP contribution in [0.3, 0.4) is 0 Å². The second kappa shape index (κ2) is 5.41. The van der Waals surface area contributed by atoms with Crippen molar-refractivity contribution in [1.82, 2.24) is 15.0 Å². The predicted molar refractivity (Wildman–Crippen MR) is 60.8 cm³/mol. The summed E-state index contributed by atoms with van der Waals surface area (Å²) in [5.41, 5.74) is 5.84. The number of hydrogen-bond donors (Lipinski definition) is 1. The Labute approximate surface area is 96.0 Å². The van der Waals surface area contributed by atoms with Gasteiger partial charge in [0.1, 0.15) is 0 Å². The smallest absolute Gasteiger partial charge is 0.240 e. The van der Waals surface area contributed by atoms with E-state index in [1.54, 1.807) is 0 Å². The lowest BCUT2D eigenvalue weighted by molar-refractivity contribution is 0.265. The van der Waals surface area contributed by atoms with Gasteiger partial charge in [-0.25, -0.2) is 0 Å². The molecule has 1 aliphatic rings. The third kappa shape index (κ3) is 3.02. The van der Waals surface area contributed by atoms with Crippen LogP contribution in [-0.2, 0) is 13.0 Å². The van der Waals surface area contributed by atoms with Crippen LogP contribution in [0, 0.1) is 0 Å². The lowest BCUT2D eigenvalue weighted by atomic mass is 10.2. The van der Waals surface area contributed by atoms with E-state index in [2.05, 4.69) is 22.0 Å². The van der Waals surface area contributed by atoms with Crippen molar-refractivity contribution >= 4 is 0 Å². The fourth-order valence-corrected chi connectivity index (χ4v) is 1.99. The largest absolute Gasteiger partial charge is 0.338 e. The molecule has 0 radical (unpaired) electrons. The van der Waals surface area contributed by atoms with E-state index in [1.807, 2.05) is 0 Å². The Bertz CT molecular complexity index is 326. The molecule has 2 rings (SSSR count). The molecule has 16 heavy (non-hydrogen) atoms. The molecular weight excluding hydrogens is 204 g/mol. The van der Waals surface area contributed by atoms with Crippen molar-refractivity contribution in [3.8, 4) is 0 Å². The molecule has 1 aromatic heterocycles. The zero-order valence-electron chi connectivity index (χ0n) is 9.85. The maximum absolute atomic E-state index is 5.84. The van der Waals surface area contributed by atoms with E-state index in [1.165, 1.54) is 0 Å². The normalized spacial score (nSPS) is 21.8. The third-order valence-electron chi connectivity index (χ3n) is 2.93. The van der Waals surface area contributed by atoms with Crippen LogP contribution >= 0.6 is 0 Å². The summed E-state index contributed by atoms with van der Waals surface area (Å²) < 4.78 is 5.22. The van der Waals surface area contributed by atoms with Gasteiger partial charge in [0.2, 0.25) is 5.89 Å². The summed E-state index contributed by atoms with van der Waals surface area (Å²) in [6.45, 7) is 4.87. The van der Waals surface area contributed by atoms with Gasteiger partial charge in [-0.05, 0) is 12.8 Å². The van der Waals surface area contributed by atoms with E-state index >= 15 is 0 Å². The molecule has 90 valence electrons. The zero-order valence-corrected chi connectivity index (χ0v) is 9.85. The van der Waals surface area contributed by atoms with Crippen LogP contribution < -0.4 is 5.73 Å². The minimum atomic E-state index is 0.308. The number of hydrogen-bond acceptors (Lipinski definition) is 5. The summed E-state index contributed by atoms with van der Waals surface area (Å²) in [7, 11) is 0. The summed E-state index contributed by atoms with van der Waals surface area (Å²) in [5, 5.41) is 3.97. The standard InChI is InChI=1S/C11H20N4O/c1-2-3-4-10-13-11(16-14-10)8-15-6-5-9(12)7-15/h9H,2-8,12H2,1H3/t9-/m1/s1. The minimum Gasteiger partial charge on any atom is -0.338 e. The number of aromatic nitrogens is 2. The highest BCUT2D eigenvalue weighted by Crippen LogP contribution is 2.11. The number of likely N-dealkylation sites (tertiary alicyclic amines) is 1. The molecule has 0 spiro atoms. The monoisotopic (exact) mass is 224 g/mol. The van der Waals surface area contributed by atoms with E-state index in [0.717, 1.165) is 57.0 Å². The topological polar surface area (TPSA) is 68.2 Å². The molecule has 0 aromatic carbocycles. The predicted octanol–water partition coefficient (Wildman–Crippen LogP) is 0.945. The molecule has 1 saturated heterocycles. The second-order valence-electron chi connectivity index (χ2n) is 4.49. The van der Waals surface area contributed by atoms with Gasteiger partial charge in [-0.2, -0.15) is 4.98 Å². The molecule has 0 saturated carbocycles. The Kier molecular flexibility index (Phi) is 3.90. The van der Waals surface area contributed by atoms with E-state index < -0.39 is 0 Å². The fraction of sp³-hybridized carbons (Fsp3) is 0.818. The lowest BCUT2D eigenvalue weighted by Crippen LogP contribution is -2.26. The third-order valence-corrected chi connectivity index (χ3v) is 2.93.